The second-order valence-electron chi connectivity index (χ2n) is 3.60. The van der Waals surface area contributed by atoms with Crippen molar-refractivity contribution in [2.24, 2.45) is 0 Å². The summed E-state index contributed by atoms with van der Waals surface area (Å²) >= 11 is 0. The summed E-state index contributed by atoms with van der Waals surface area (Å²) in [4.78, 5) is 2.03. The van der Waals surface area contributed by atoms with Crippen LogP contribution >= 0.6 is 0 Å². The average molecular weight is 175 g/mol. The molecule has 0 spiro atoms. The van der Waals surface area contributed by atoms with Crippen LogP contribution in [0.1, 0.15) is 26.7 Å². The standard InChI is InChI=1S/C9H18FNO/c1-3-8(10)6-11-5-4-9(12)7(11)2/h7-9,12H,3-6H2,1-2H3/t7-,8?,9+/m0/s1. The Morgan fingerprint density at radius 1 is 1.67 bits per heavy atom. The number of aliphatic hydroxyl groups excluding tert-OH is 1. The van der Waals surface area contributed by atoms with Crippen molar-refractivity contribution in [3.63, 3.8) is 0 Å². The molecule has 3 atom stereocenters. The van der Waals surface area contributed by atoms with E-state index in [4.69, 9.17) is 0 Å². The maximum atomic E-state index is 13.0. The number of alkyl halides is 1. The Balaban J connectivity index is 2.33. The minimum absolute atomic E-state index is 0.134. The molecule has 1 unspecified atom stereocenters. The zero-order chi connectivity index (χ0) is 9.14. The normalized spacial score (nSPS) is 34.0. The Morgan fingerprint density at radius 3 is 2.75 bits per heavy atom. The third-order valence-electron chi connectivity index (χ3n) is 2.72. The van der Waals surface area contributed by atoms with Crippen LogP contribution in [0.4, 0.5) is 4.39 Å². The van der Waals surface area contributed by atoms with Gasteiger partial charge in [0.1, 0.15) is 6.17 Å². The lowest BCUT2D eigenvalue weighted by Gasteiger charge is -2.23. The molecule has 1 saturated heterocycles. The van der Waals surface area contributed by atoms with Crippen molar-refractivity contribution in [3.05, 3.63) is 0 Å². The van der Waals surface area contributed by atoms with Crippen molar-refractivity contribution in [2.45, 2.75) is 45.0 Å². The average Bonchev–Trinajstić information content (AvgIpc) is 2.36. The molecule has 0 aromatic heterocycles. The van der Waals surface area contributed by atoms with Gasteiger partial charge in [0, 0.05) is 19.1 Å². The molecular formula is C9H18FNO. The molecular weight excluding hydrogens is 157 g/mol. The summed E-state index contributed by atoms with van der Waals surface area (Å²) in [5.74, 6) is 0. The second-order valence-corrected chi connectivity index (χ2v) is 3.60. The van der Waals surface area contributed by atoms with Gasteiger partial charge in [-0.15, -0.1) is 0 Å². The van der Waals surface area contributed by atoms with Crippen LogP contribution < -0.4 is 0 Å². The quantitative estimate of drug-likeness (QED) is 0.696. The minimum Gasteiger partial charge on any atom is -0.391 e. The molecule has 0 radical (unpaired) electrons. The minimum atomic E-state index is -0.738. The summed E-state index contributed by atoms with van der Waals surface area (Å²) in [5.41, 5.74) is 0. The highest BCUT2D eigenvalue weighted by molar-refractivity contribution is 4.84. The predicted octanol–water partition coefficient (Wildman–Crippen LogP) is 1.19. The maximum absolute atomic E-state index is 13.0. The molecule has 1 heterocycles. The summed E-state index contributed by atoms with van der Waals surface area (Å²) in [7, 11) is 0. The second kappa shape index (κ2) is 4.19. The van der Waals surface area contributed by atoms with Crippen LogP contribution in [0.2, 0.25) is 0 Å². The van der Waals surface area contributed by atoms with E-state index in [2.05, 4.69) is 0 Å². The number of rotatable bonds is 3. The highest BCUT2D eigenvalue weighted by Gasteiger charge is 2.29. The molecule has 1 fully saturated rings. The van der Waals surface area contributed by atoms with Gasteiger partial charge in [0.05, 0.1) is 6.10 Å². The van der Waals surface area contributed by atoms with E-state index in [0.29, 0.717) is 13.0 Å². The van der Waals surface area contributed by atoms with Crippen LogP contribution in [-0.2, 0) is 0 Å². The zero-order valence-corrected chi connectivity index (χ0v) is 7.83. The van der Waals surface area contributed by atoms with E-state index in [0.717, 1.165) is 13.0 Å². The van der Waals surface area contributed by atoms with Crippen molar-refractivity contribution in [1.29, 1.82) is 0 Å². The molecule has 2 nitrogen and oxygen atoms in total. The fraction of sp³-hybridized carbons (Fsp3) is 1.00. The van der Waals surface area contributed by atoms with E-state index in [1.54, 1.807) is 0 Å². The highest BCUT2D eigenvalue weighted by atomic mass is 19.1. The van der Waals surface area contributed by atoms with E-state index in [1.807, 2.05) is 18.7 Å². The van der Waals surface area contributed by atoms with Crippen LogP contribution in [0.3, 0.4) is 0 Å². The van der Waals surface area contributed by atoms with Gasteiger partial charge >= 0.3 is 0 Å². The third kappa shape index (κ3) is 2.17. The van der Waals surface area contributed by atoms with Crippen molar-refractivity contribution >= 4 is 0 Å². The summed E-state index contributed by atoms with van der Waals surface area (Å²) < 4.78 is 13.0. The fourth-order valence-electron chi connectivity index (χ4n) is 1.63. The first kappa shape index (κ1) is 9.93. The Bertz CT molecular complexity index is 142. The van der Waals surface area contributed by atoms with Crippen molar-refractivity contribution in [1.82, 2.24) is 4.90 Å². The largest absolute Gasteiger partial charge is 0.391 e. The first-order chi connectivity index (χ1) is 5.65. The number of hydrogen-bond acceptors (Lipinski definition) is 2. The third-order valence-corrected chi connectivity index (χ3v) is 2.72. The Hall–Kier alpha value is -0.150. The molecule has 1 N–H and O–H groups in total. The molecule has 1 aliphatic heterocycles. The molecule has 0 aromatic carbocycles. The topological polar surface area (TPSA) is 23.5 Å². The first-order valence-electron chi connectivity index (χ1n) is 4.71. The van der Waals surface area contributed by atoms with Gasteiger partial charge in [0.15, 0.2) is 0 Å². The smallest absolute Gasteiger partial charge is 0.112 e. The number of halogens is 1. The summed E-state index contributed by atoms with van der Waals surface area (Å²) in [6.07, 6.45) is 0.364. The van der Waals surface area contributed by atoms with Crippen molar-refractivity contribution in [3.8, 4) is 0 Å². The molecule has 1 rings (SSSR count). The van der Waals surface area contributed by atoms with Crippen LogP contribution in [-0.4, -0.2) is 41.4 Å². The molecule has 0 amide bonds. The van der Waals surface area contributed by atoms with E-state index < -0.39 is 6.17 Å². The van der Waals surface area contributed by atoms with E-state index in [-0.39, 0.29) is 12.1 Å². The maximum Gasteiger partial charge on any atom is 0.112 e. The molecule has 0 saturated carbocycles. The van der Waals surface area contributed by atoms with Crippen molar-refractivity contribution < 1.29 is 9.50 Å². The lowest BCUT2D eigenvalue weighted by Crippen LogP contribution is -2.36. The van der Waals surface area contributed by atoms with Gasteiger partial charge in [-0.1, -0.05) is 6.92 Å². The zero-order valence-electron chi connectivity index (χ0n) is 7.83. The molecule has 3 heteroatoms. The fourth-order valence-corrected chi connectivity index (χ4v) is 1.63. The van der Waals surface area contributed by atoms with Gasteiger partial charge in [-0.3, -0.25) is 4.90 Å². The molecule has 0 aliphatic carbocycles. The molecule has 0 bridgehead atoms. The highest BCUT2D eigenvalue weighted by Crippen LogP contribution is 2.18. The molecule has 0 aromatic rings. The first-order valence-corrected chi connectivity index (χ1v) is 4.71. The Labute approximate surface area is 73.4 Å². The van der Waals surface area contributed by atoms with E-state index in [1.165, 1.54) is 0 Å². The van der Waals surface area contributed by atoms with Gasteiger partial charge in [-0.2, -0.15) is 0 Å². The van der Waals surface area contributed by atoms with Crippen LogP contribution in [0.25, 0.3) is 0 Å². The Morgan fingerprint density at radius 2 is 2.33 bits per heavy atom. The Kier molecular flexibility index (Phi) is 3.47. The van der Waals surface area contributed by atoms with E-state index >= 15 is 0 Å². The summed E-state index contributed by atoms with van der Waals surface area (Å²) in [5, 5.41) is 9.39. The van der Waals surface area contributed by atoms with Gasteiger partial charge in [-0.05, 0) is 19.8 Å². The number of nitrogens with zero attached hydrogens (tertiary/aromatic N) is 1. The predicted molar refractivity (Wildman–Crippen MR) is 46.8 cm³/mol. The van der Waals surface area contributed by atoms with Gasteiger partial charge in [0.2, 0.25) is 0 Å². The number of likely N-dealkylation sites (tertiary alicyclic amines) is 1. The van der Waals surface area contributed by atoms with Gasteiger partial charge in [0.25, 0.3) is 0 Å². The molecule has 12 heavy (non-hydrogen) atoms. The van der Waals surface area contributed by atoms with Crippen molar-refractivity contribution in [2.75, 3.05) is 13.1 Å². The van der Waals surface area contributed by atoms with Gasteiger partial charge in [-0.25, -0.2) is 4.39 Å². The van der Waals surface area contributed by atoms with Crippen LogP contribution in [0.5, 0.6) is 0 Å². The number of hydrogen-bond donors (Lipinski definition) is 1. The monoisotopic (exact) mass is 175 g/mol. The van der Waals surface area contributed by atoms with E-state index in [9.17, 15) is 9.50 Å². The summed E-state index contributed by atoms with van der Waals surface area (Å²) in [6, 6.07) is 0.134. The lowest BCUT2D eigenvalue weighted by molar-refractivity contribution is 0.109. The number of aliphatic hydroxyl groups is 1. The van der Waals surface area contributed by atoms with Crippen LogP contribution in [0.15, 0.2) is 0 Å². The lowest BCUT2D eigenvalue weighted by atomic mass is 10.2. The SMILES string of the molecule is CCC(F)CN1CC[C@@H](O)[C@@H]1C. The van der Waals surface area contributed by atoms with Crippen LogP contribution in [0, 0.1) is 0 Å². The molecule has 1 aliphatic rings. The molecule has 72 valence electrons. The van der Waals surface area contributed by atoms with Gasteiger partial charge < -0.3 is 5.11 Å². The summed E-state index contributed by atoms with van der Waals surface area (Å²) in [6.45, 7) is 5.12.